The zero-order valence-electron chi connectivity index (χ0n) is 12.8. The van der Waals surface area contributed by atoms with Crippen molar-refractivity contribution in [2.24, 2.45) is 0 Å². The molecular formula is C16H25ClN2O. The van der Waals surface area contributed by atoms with Crippen molar-refractivity contribution in [3.63, 3.8) is 0 Å². The lowest BCUT2D eigenvalue weighted by Crippen LogP contribution is -2.34. The van der Waals surface area contributed by atoms with Gasteiger partial charge in [-0.15, -0.1) is 0 Å². The smallest absolute Gasteiger partial charge is 0.254 e. The zero-order chi connectivity index (χ0) is 15.2. The largest absolute Gasteiger partial charge is 0.379 e. The van der Waals surface area contributed by atoms with Crippen LogP contribution in [-0.4, -0.2) is 18.0 Å². The fraction of sp³-hybridized carbons (Fsp3) is 0.562. The molecule has 1 aromatic rings. The monoisotopic (exact) mass is 296 g/mol. The van der Waals surface area contributed by atoms with E-state index in [2.05, 4.69) is 31.4 Å². The molecule has 0 saturated carbocycles. The van der Waals surface area contributed by atoms with Crippen molar-refractivity contribution < 1.29 is 4.79 Å². The van der Waals surface area contributed by atoms with E-state index >= 15 is 0 Å². The first-order valence-electron chi connectivity index (χ1n) is 7.32. The Morgan fingerprint density at radius 2 is 1.90 bits per heavy atom. The molecule has 0 unspecified atom stereocenters. The molecule has 20 heavy (non-hydrogen) atoms. The predicted molar refractivity (Wildman–Crippen MR) is 86.7 cm³/mol. The summed E-state index contributed by atoms with van der Waals surface area (Å²) in [6, 6.07) is 5.53. The van der Waals surface area contributed by atoms with Crippen LogP contribution in [0.1, 0.15) is 57.3 Å². The maximum atomic E-state index is 12.3. The van der Waals surface area contributed by atoms with E-state index in [0.29, 0.717) is 17.1 Å². The third kappa shape index (κ3) is 4.14. The van der Waals surface area contributed by atoms with Gasteiger partial charge in [0, 0.05) is 17.8 Å². The summed E-state index contributed by atoms with van der Waals surface area (Å²) in [5, 5.41) is 6.85. The van der Waals surface area contributed by atoms with E-state index in [1.165, 1.54) is 0 Å². The summed E-state index contributed by atoms with van der Waals surface area (Å²) in [6.45, 7) is 9.11. The second kappa shape index (κ2) is 7.53. The highest BCUT2D eigenvalue weighted by Crippen LogP contribution is 2.29. The first kappa shape index (κ1) is 16.8. The van der Waals surface area contributed by atoms with Crippen LogP contribution in [0, 0.1) is 0 Å². The molecule has 0 saturated heterocycles. The quantitative estimate of drug-likeness (QED) is 0.779. The Kier molecular flexibility index (Phi) is 6.34. The third-order valence-electron chi connectivity index (χ3n) is 3.77. The highest BCUT2D eigenvalue weighted by molar-refractivity contribution is 6.34. The van der Waals surface area contributed by atoms with Gasteiger partial charge < -0.3 is 10.6 Å². The number of hydrogen-bond acceptors (Lipinski definition) is 2. The molecule has 0 aromatic heterocycles. The van der Waals surface area contributed by atoms with Gasteiger partial charge in [-0.1, -0.05) is 38.4 Å². The molecule has 3 nitrogen and oxygen atoms in total. The SMILES string of the molecule is CCCNC(=O)c1c(Cl)cccc1NC(C)(CC)CC. The first-order valence-corrected chi connectivity index (χ1v) is 7.70. The lowest BCUT2D eigenvalue weighted by atomic mass is 9.94. The van der Waals surface area contributed by atoms with E-state index in [4.69, 9.17) is 11.6 Å². The summed E-state index contributed by atoms with van der Waals surface area (Å²) < 4.78 is 0. The maximum Gasteiger partial charge on any atom is 0.254 e. The summed E-state index contributed by atoms with van der Waals surface area (Å²) in [5.74, 6) is -0.116. The van der Waals surface area contributed by atoms with E-state index in [-0.39, 0.29) is 11.4 Å². The number of halogens is 1. The molecule has 0 heterocycles. The maximum absolute atomic E-state index is 12.3. The Morgan fingerprint density at radius 3 is 2.45 bits per heavy atom. The first-order chi connectivity index (χ1) is 9.47. The lowest BCUT2D eigenvalue weighted by Gasteiger charge is -2.30. The van der Waals surface area contributed by atoms with Crippen LogP contribution < -0.4 is 10.6 Å². The number of carbonyl (C=O) groups is 1. The van der Waals surface area contributed by atoms with Gasteiger partial charge in [0.25, 0.3) is 5.91 Å². The van der Waals surface area contributed by atoms with Crippen LogP contribution in [0.2, 0.25) is 5.02 Å². The molecule has 1 amide bonds. The standard InChI is InChI=1S/C16H25ClN2O/c1-5-11-18-15(20)14-12(17)9-8-10-13(14)19-16(4,6-2)7-3/h8-10,19H,5-7,11H2,1-4H3,(H,18,20). The Bertz CT molecular complexity index is 456. The number of nitrogens with one attached hydrogen (secondary N) is 2. The molecule has 0 atom stereocenters. The molecule has 0 bridgehead atoms. The summed E-state index contributed by atoms with van der Waals surface area (Å²) in [5.41, 5.74) is 1.30. The van der Waals surface area contributed by atoms with Crippen LogP contribution in [0.3, 0.4) is 0 Å². The number of benzene rings is 1. The molecule has 2 N–H and O–H groups in total. The van der Waals surface area contributed by atoms with E-state index in [1.54, 1.807) is 6.07 Å². The van der Waals surface area contributed by atoms with Gasteiger partial charge in [0.2, 0.25) is 0 Å². The Hall–Kier alpha value is -1.22. The number of amides is 1. The molecule has 4 heteroatoms. The fourth-order valence-corrected chi connectivity index (χ4v) is 2.20. The van der Waals surface area contributed by atoms with Crippen molar-refractivity contribution in [3.05, 3.63) is 28.8 Å². The zero-order valence-corrected chi connectivity index (χ0v) is 13.6. The number of anilines is 1. The second-order valence-electron chi connectivity index (χ2n) is 5.31. The molecule has 0 radical (unpaired) electrons. The van der Waals surface area contributed by atoms with E-state index < -0.39 is 0 Å². The van der Waals surface area contributed by atoms with Gasteiger partial charge in [-0.05, 0) is 38.3 Å². The average Bonchev–Trinajstić information content (AvgIpc) is 2.44. The van der Waals surface area contributed by atoms with Crippen molar-refractivity contribution in [3.8, 4) is 0 Å². The van der Waals surface area contributed by atoms with Crippen molar-refractivity contribution in [1.82, 2.24) is 5.32 Å². The minimum absolute atomic E-state index is 0.0372. The van der Waals surface area contributed by atoms with Gasteiger partial charge in [-0.25, -0.2) is 0 Å². The van der Waals surface area contributed by atoms with Crippen LogP contribution in [0.15, 0.2) is 18.2 Å². The molecule has 1 rings (SSSR count). The lowest BCUT2D eigenvalue weighted by molar-refractivity contribution is 0.0954. The summed E-state index contributed by atoms with van der Waals surface area (Å²) in [6.07, 6.45) is 2.86. The molecule has 0 aliphatic carbocycles. The Morgan fingerprint density at radius 1 is 1.25 bits per heavy atom. The van der Waals surface area contributed by atoms with Crippen LogP contribution in [0.4, 0.5) is 5.69 Å². The van der Waals surface area contributed by atoms with Gasteiger partial charge in [0.15, 0.2) is 0 Å². The second-order valence-corrected chi connectivity index (χ2v) is 5.72. The highest BCUT2D eigenvalue weighted by Gasteiger charge is 2.23. The Balaban J connectivity index is 3.08. The van der Waals surface area contributed by atoms with E-state index in [1.807, 2.05) is 19.1 Å². The van der Waals surface area contributed by atoms with Crippen LogP contribution in [0.25, 0.3) is 0 Å². The minimum Gasteiger partial charge on any atom is -0.379 e. The van der Waals surface area contributed by atoms with Crippen molar-refractivity contribution in [2.75, 3.05) is 11.9 Å². The van der Waals surface area contributed by atoms with Gasteiger partial charge in [0.1, 0.15) is 0 Å². The van der Waals surface area contributed by atoms with Gasteiger partial charge >= 0.3 is 0 Å². The number of rotatable bonds is 7. The van der Waals surface area contributed by atoms with Gasteiger partial charge in [-0.3, -0.25) is 4.79 Å². The molecule has 0 aliphatic rings. The average molecular weight is 297 g/mol. The summed E-state index contributed by atoms with van der Waals surface area (Å²) >= 11 is 6.22. The van der Waals surface area contributed by atoms with E-state index in [0.717, 1.165) is 24.9 Å². The van der Waals surface area contributed by atoms with Gasteiger partial charge in [0.05, 0.1) is 10.6 Å². The van der Waals surface area contributed by atoms with Crippen molar-refractivity contribution >= 4 is 23.2 Å². The summed E-state index contributed by atoms with van der Waals surface area (Å²) in [7, 11) is 0. The van der Waals surface area contributed by atoms with Crippen LogP contribution >= 0.6 is 11.6 Å². The highest BCUT2D eigenvalue weighted by atomic mass is 35.5. The van der Waals surface area contributed by atoms with Crippen molar-refractivity contribution in [2.45, 2.75) is 52.5 Å². The summed E-state index contributed by atoms with van der Waals surface area (Å²) in [4.78, 5) is 12.3. The van der Waals surface area contributed by atoms with Crippen LogP contribution in [0.5, 0.6) is 0 Å². The minimum atomic E-state index is -0.116. The normalized spacial score (nSPS) is 11.2. The van der Waals surface area contributed by atoms with E-state index in [9.17, 15) is 4.79 Å². The number of hydrogen-bond donors (Lipinski definition) is 2. The van der Waals surface area contributed by atoms with Crippen molar-refractivity contribution in [1.29, 1.82) is 0 Å². The molecule has 0 fully saturated rings. The van der Waals surface area contributed by atoms with Crippen LogP contribution in [-0.2, 0) is 0 Å². The molecule has 112 valence electrons. The topological polar surface area (TPSA) is 41.1 Å². The fourth-order valence-electron chi connectivity index (χ4n) is 1.94. The molecular weight excluding hydrogens is 272 g/mol. The third-order valence-corrected chi connectivity index (χ3v) is 4.09. The van der Waals surface area contributed by atoms with Gasteiger partial charge in [-0.2, -0.15) is 0 Å². The molecule has 0 aliphatic heterocycles. The predicted octanol–water partition coefficient (Wildman–Crippen LogP) is 4.47. The Labute approximate surface area is 127 Å². The molecule has 0 spiro atoms. The molecule has 1 aromatic carbocycles. The number of carbonyl (C=O) groups excluding carboxylic acids is 1.